The Kier molecular flexibility index (Phi) is 8.28. The summed E-state index contributed by atoms with van der Waals surface area (Å²) in [6.45, 7) is 0.827. The van der Waals surface area contributed by atoms with E-state index in [1.54, 1.807) is 42.9 Å². The number of rotatable bonds is 11. The van der Waals surface area contributed by atoms with E-state index in [9.17, 15) is 14.7 Å². The molecule has 2 aromatic carbocycles. The highest BCUT2D eigenvalue weighted by molar-refractivity contribution is 6.46. The number of imidazole rings is 1. The number of carbonyl (C=O) groups excluding carboxylic acids is 2. The molecular weight excluding hydrogens is 506 g/mol. The second kappa shape index (κ2) is 11.8. The van der Waals surface area contributed by atoms with E-state index in [2.05, 4.69) is 4.98 Å². The lowest BCUT2D eigenvalue weighted by Crippen LogP contribution is -2.31. The summed E-state index contributed by atoms with van der Waals surface area (Å²) in [7, 11) is 7.41. The molecule has 0 spiro atoms. The first kappa shape index (κ1) is 27.4. The minimum absolute atomic E-state index is 0.0656. The third kappa shape index (κ3) is 5.20. The number of aryl methyl sites for hydroxylation is 1. The minimum atomic E-state index is -0.922. The molecule has 4 rings (SSSR count). The van der Waals surface area contributed by atoms with Crippen LogP contribution in [0.3, 0.4) is 0 Å². The Bertz CT molecular complexity index is 1360. The lowest BCUT2D eigenvalue weighted by atomic mass is 9.94. The minimum Gasteiger partial charge on any atom is -0.507 e. The lowest BCUT2D eigenvalue weighted by Gasteiger charge is -2.26. The molecule has 11 heteroatoms. The molecule has 1 aliphatic rings. The molecule has 1 aliphatic heterocycles. The molecule has 1 aromatic heterocycles. The van der Waals surface area contributed by atoms with Crippen molar-refractivity contribution in [2.75, 3.05) is 42.1 Å². The van der Waals surface area contributed by atoms with E-state index in [1.165, 1.54) is 40.4 Å². The maximum atomic E-state index is 13.4. The number of likely N-dealkylation sites (tertiary alicyclic amines) is 1. The Hall–Kier alpha value is -4.67. The monoisotopic (exact) mass is 537 g/mol. The number of ketones is 1. The van der Waals surface area contributed by atoms with Gasteiger partial charge >= 0.3 is 0 Å². The molecular formula is C28H31N3O8. The summed E-state index contributed by atoms with van der Waals surface area (Å²) >= 11 is 0. The summed E-state index contributed by atoms with van der Waals surface area (Å²) in [5.74, 6) is 0.00973. The third-order valence-corrected chi connectivity index (χ3v) is 6.57. The van der Waals surface area contributed by atoms with Gasteiger partial charge in [-0.05, 0) is 42.3 Å². The van der Waals surface area contributed by atoms with Gasteiger partial charge in [-0.15, -0.1) is 0 Å². The maximum absolute atomic E-state index is 13.4. The molecule has 0 radical (unpaired) electrons. The first-order chi connectivity index (χ1) is 18.9. The van der Waals surface area contributed by atoms with Gasteiger partial charge in [0, 0.05) is 31.0 Å². The molecule has 0 bridgehead atoms. The number of hydrogen-bond acceptors (Lipinski definition) is 9. The molecule has 39 heavy (non-hydrogen) atoms. The van der Waals surface area contributed by atoms with Crippen LogP contribution in [0.15, 0.2) is 54.6 Å². The fourth-order valence-electron chi connectivity index (χ4n) is 4.70. The van der Waals surface area contributed by atoms with Crippen LogP contribution in [-0.4, -0.2) is 73.3 Å². The normalized spacial score (nSPS) is 16.3. The van der Waals surface area contributed by atoms with Gasteiger partial charge in [0.15, 0.2) is 23.0 Å². The van der Waals surface area contributed by atoms with Gasteiger partial charge in [-0.25, -0.2) is 4.98 Å². The van der Waals surface area contributed by atoms with Crippen molar-refractivity contribution in [1.82, 2.24) is 14.5 Å². The van der Waals surface area contributed by atoms with Crippen LogP contribution in [-0.2, 0) is 16.1 Å². The molecule has 3 aromatic rings. The molecule has 0 saturated carbocycles. The molecule has 2 heterocycles. The van der Waals surface area contributed by atoms with Crippen molar-refractivity contribution in [1.29, 1.82) is 0 Å². The topological polar surface area (TPSA) is 122 Å². The quantitative estimate of drug-likeness (QED) is 0.223. The lowest BCUT2D eigenvalue weighted by molar-refractivity contribution is -0.139. The number of aliphatic hydroxyl groups excluding tert-OH is 1. The van der Waals surface area contributed by atoms with E-state index in [-0.39, 0.29) is 17.9 Å². The molecule has 0 aliphatic carbocycles. The van der Waals surface area contributed by atoms with E-state index in [0.29, 0.717) is 52.8 Å². The van der Waals surface area contributed by atoms with Crippen molar-refractivity contribution in [3.8, 4) is 28.7 Å². The van der Waals surface area contributed by atoms with Crippen molar-refractivity contribution < 1.29 is 38.4 Å². The number of hydrogen-bond donors (Lipinski definition) is 1. The van der Waals surface area contributed by atoms with E-state index < -0.39 is 17.7 Å². The van der Waals surface area contributed by atoms with Gasteiger partial charge in [0.05, 0.1) is 53.5 Å². The van der Waals surface area contributed by atoms with Gasteiger partial charge in [-0.3, -0.25) is 9.59 Å². The van der Waals surface area contributed by atoms with Crippen LogP contribution in [0.25, 0.3) is 5.76 Å². The molecule has 1 N–H and O–H groups in total. The Morgan fingerprint density at radius 1 is 0.872 bits per heavy atom. The SMILES string of the molecule is COc1ccc(C(O)=C2C(=O)C(=O)N(CCCn3ccnc3)[C@H]2c2cc(OC)c(OC)c(OC)c2)cc1OC. The largest absolute Gasteiger partial charge is 0.507 e. The van der Waals surface area contributed by atoms with E-state index in [0.717, 1.165) is 0 Å². The van der Waals surface area contributed by atoms with Crippen LogP contribution in [0.4, 0.5) is 0 Å². The van der Waals surface area contributed by atoms with Crippen molar-refractivity contribution in [3.05, 3.63) is 65.8 Å². The van der Waals surface area contributed by atoms with E-state index in [1.807, 2.05) is 10.8 Å². The second-order valence-electron chi connectivity index (χ2n) is 8.67. The standard InChI is InChI=1S/C28H31N3O8/c1-35-19-8-7-17(13-20(19)36-2)25(32)23-24(18-14-21(37-3)27(39-5)22(15-18)38-4)31(28(34)26(23)33)11-6-10-30-12-9-29-16-30/h7-9,12-16,24,32H,6,10-11H2,1-5H3/t24-/m0/s1. The number of ether oxygens (including phenoxy) is 5. The number of aromatic nitrogens is 2. The number of nitrogens with zero attached hydrogens (tertiary/aromatic N) is 3. The van der Waals surface area contributed by atoms with Gasteiger partial charge in [-0.1, -0.05) is 0 Å². The highest BCUT2D eigenvalue weighted by atomic mass is 16.5. The van der Waals surface area contributed by atoms with Crippen LogP contribution < -0.4 is 23.7 Å². The summed E-state index contributed by atoms with van der Waals surface area (Å²) in [4.78, 5) is 32.3. The smallest absolute Gasteiger partial charge is 0.295 e. The predicted molar refractivity (Wildman–Crippen MR) is 141 cm³/mol. The number of amides is 1. The second-order valence-corrected chi connectivity index (χ2v) is 8.67. The maximum Gasteiger partial charge on any atom is 0.295 e. The third-order valence-electron chi connectivity index (χ3n) is 6.57. The van der Waals surface area contributed by atoms with Crippen molar-refractivity contribution in [3.63, 3.8) is 0 Å². The van der Waals surface area contributed by atoms with Crippen molar-refractivity contribution in [2.45, 2.75) is 19.0 Å². The van der Waals surface area contributed by atoms with Gasteiger partial charge < -0.3 is 38.3 Å². The van der Waals surface area contributed by atoms with Crippen LogP contribution in [0.5, 0.6) is 28.7 Å². The van der Waals surface area contributed by atoms with Crippen LogP contribution in [0, 0.1) is 0 Å². The predicted octanol–water partition coefficient (Wildman–Crippen LogP) is 3.44. The molecule has 11 nitrogen and oxygen atoms in total. The summed E-state index contributed by atoms with van der Waals surface area (Å²) in [6, 6.07) is 7.17. The van der Waals surface area contributed by atoms with Gasteiger partial charge in [-0.2, -0.15) is 0 Å². The average molecular weight is 538 g/mol. The first-order valence-electron chi connectivity index (χ1n) is 12.1. The molecule has 1 amide bonds. The fraction of sp³-hybridized carbons (Fsp3) is 0.321. The Morgan fingerprint density at radius 3 is 2.10 bits per heavy atom. The number of Topliss-reactive ketones (excluding diaryl/α,β-unsaturated/α-hetero) is 1. The molecule has 1 atom stereocenters. The number of methoxy groups -OCH3 is 5. The summed E-state index contributed by atoms with van der Waals surface area (Å²) in [5, 5.41) is 11.5. The summed E-state index contributed by atoms with van der Waals surface area (Å²) < 4.78 is 29.0. The Morgan fingerprint density at radius 2 is 1.54 bits per heavy atom. The van der Waals surface area contributed by atoms with Crippen molar-refractivity contribution >= 4 is 17.4 Å². The van der Waals surface area contributed by atoms with Crippen molar-refractivity contribution in [2.24, 2.45) is 0 Å². The highest BCUT2D eigenvalue weighted by Gasteiger charge is 2.46. The zero-order valence-corrected chi connectivity index (χ0v) is 22.5. The zero-order chi connectivity index (χ0) is 28.1. The van der Waals surface area contributed by atoms with Gasteiger partial charge in [0.25, 0.3) is 11.7 Å². The Balaban J connectivity index is 1.86. The number of benzene rings is 2. The molecule has 206 valence electrons. The molecule has 0 unspecified atom stereocenters. The zero-order valence-electron chi connectivity index (χ0n) is 22.5. The average Bonchev–Trinajstić information content (AvgIpc) is 3.57. The van der Waals surface area contributed by atoms with Crippen LogP contribution in [0.1, 0.15) is 23.6 Å². The highest BCUT2D eigenvalue weighted by Crippen LogP contribution is 2.46. The van der Waals surface area contributed by atoms with E-state index in [4.69, 9.17) is 23.7 Å². The number of carbonyl (C=O) groups is 2. The van der Waals surface area contributed by atoms with Crippen LogP contribution >= 0.6 is 0 Å². The Labute approximate surface area is 226 Å². The van der Waals surface area contributed by atoms with Gasteiger partial charge in [0.1, 0.15) is 5.76 Å². The number of aliphatic hydroxyl groups is 1. The summed E-state index contributed by atoms with van der Waals surface area (Å²) in [6.07, 6.45) is 5.72. The fourth-order valence-corrected chi connectivity index (χ4v) is 4.70. The first-order valence-corrected chi connectivity index (χ1v) is 12.1. The van der Waals surface area contributed by atoms with E-state index >= 15 is 0 Å². The molecule has 1 fully saturated rings. The summed E-state index contributed by atoms with van der Waals surface area (Å²) in [5.41, 5.74) is 0.735. The van der Waals surface area contributed by atoms with Crippen LogP contribution in [0.2, 0.25) is 0 Å². The van der Waals surface area contributed by atoms with Gasteiger partial charge in [0.2, 0.25) is 5.75 Å². The molecule has 1 saturated heterocycles.